The molecule has 1 fully saturated rings. The number of hydrogen-bond donors (Lipinski definition) is 0. The monoisotopic (exact) mass is 240 g/mol. The van der Waals surface area contributed by atoms with Crippen LogP contribution in [0.4, 0.5) is 8.78 Å². The number of ether oxygens (including phenoxy) is 1. The predicted molar refractivity (Wildman–Crippen MR) is 59.0 cm³/mol. The molecule has 0 N–H and O–H groups in total. The van der Waals surface area contributed by atoms with Crippen LogP contribution in [0, 0.1) is 18.6 Å². The Bertz CT molecular complexity index is 437. The molecule has 1 aromatic rings. The Balaban J connectivity index is 2.15. The summed E-state index contributed by atoms with van der Waals surface area (Å²) in [6.07, 6.45) is 1.81. The molecule has 92 valence electrons. The molecule has 2 rings (SSSR count). The average molecular weight is 240 g/mol. The fourth-order valence-electron chi connectivity index (χ4n) is 1.99. The van der Waals surface area contributed by atoms with Crippen LogP contribution >= 0.6 is 0 Å². The molecule has 0 aromatic heterocycles. The number of benzene rings is 1. The van der Waals surface area contributed by atoms with Crippen molar-refractivity contribution in [1.82, 2.24) is 0 Å². The Morgan fingerprint density at radius 3 is 2.82 bits per heavy atom. The van der Waals surface area contributed by atoms with Gasteiger partial charge in [0.1, 0.15) is 11.6 Å². The van der Waals surface area contributed by atoms with E-state index < -0.39 is 11.6 Å². The van der Waals surface area contributed by atoms with Gasteiger partial charge in [0.2, 0.25) is 0 Å². The highest BCUT2D eigenvalue weighted by molar-refractivity contribution is 5.96. The van der Waals surface area contributed by atoms with E-state index in [0.717, 1.165) is 18.9 Å². The molecule has 2 nitrogen and oxygen atoms in total. The largest absolute Gasteiger partial charge is 0.378 e. The zero-order valence-electron chi connectivity index (χ0n) is 9.63. The molecule has 0 bridgehead atoms. The number of carbonyl (C=O) groups is 1. The molecule has 0 saturated carbocycles. The molecule has 0 amide bonds. The van der Waals surface area contributed by atoms with Crippen LogP contribution in [-0.4, -0.2) is 18.5 Å². The highest BCUT2D eigenvalue weighted by atomic mass is 19.1. The van der Waals surface area contributed by atoms with Gasteiger partial charge in [-0.25, -0.2) is 8.78 Å². The topological polar surface area (TPSA) is 26.3 Å². The molecule has 1 heterocycles. The van der Waals surface area contributed by atoms with E-state index in [9.17, 15) is 13.6 Å². The van der Waals surface area contributed by atoms with Crippen LogP contribution in [0.25, 0.3) is 0 Å². The van der Waals surface area contributed by atoms with E-state index in [1.807, 2.05) is 0 Å². The van der Waals surface area contributed by atoms with Crippen LogP contribution in [0.5, 0.6) is 0 Å². The zero-order chi connectivity index (χ0) is 12.4. The van der Waals surface area contributed by atoms with Crippen LogP contribution in [0.2, 0.25) is 0 Å². The van der Waals surface area contributed by atoms with Crippen molar-refractivity contribution < 1.29 is 18.3 Å². The van der Waals surface area contributed by atoms with Crippen molar-refractivity contribution in [2.24, 2.45) is 0 Å². The molecule has 1 aliphatic heterocycles. The van der Waals surface area contributed by atoms with Crippen molar-refractivity contribution in [2.45, 2.75) is 32.3 Å². The van der Waals surface area contributed by atoms with Gasteiger partial charge < -0.3 is 4.74 Å². The van der Waals surface area contributed by atoms with Crippen LogP contribution in [-0.2, 0) is 4.74 Å². The Morgan fingerprint density at radius 2 is 2.18 bits per heavy atom. The van der Waals surface area contributed by atoms with Crippen molar-refractivity contribution in [3.8, 4) is 0 Å². The van der Waals surface area contributed by atoms with Crippen LogP contribution in [0.15, 0.2) is 12.1 Å². The van der Waals surface area contributed by atoms with E-state index in [0.29, 0.717) is 6.61 Å². The van der Waals surface area contributed by atoms with Gasteiger partial charge in [-0.2, -0.15) is 0 Å². The summed E-state index contributed by atoms with van der Waals surface area (Å²) in [5.74, 6) is -1.75. The summed E-state index contributed by atoms with van der Waals surface area (Å²) in [6.45, 7) is 2.17. The summed E-state index contributed by atoms with van der Waals surface area (Å²) in [5.41, 5.74) is 0.237. The maximum absolute atomic E-state index is 13.5. The predicted octanol–water partition coefficient (Wildman–Crippen LogP) is 3.03. The third-order valence-corrected chi connectivity index (χ3v) is 2.99. The highest BCUT2D eigenvalue weighted by Crippen LogP contribution is 2.21. The standard InChI is InChI=1S/C13H14F2O2/c1-8-5-10(12(15)7-11(8)14)13(16)6-9-3-2-4-17-9/h5,7,9H,2-4,6H2,1H3. The third kappa shape index (κ3) is 2.69. The van der Waals surface area contributed by atoms with E-state index in [1.165, 1.54) is 13.0 Å². The molecule has 0 spiro atoms. The molecule has 1 aromatic carbocycles. The Kier molecular flexibility index (Phi) is 3.52. The van der Waals surface area contributed by atoms with E-state index >= 15 is 0 Å². The first kappa shape index (κ1) is 12.2. The number of Topliss-reactive ketones (excluding diaryl/α,β-unsaturated/α-hetero) is 1. The van der Waals surface area contributed by atoms with Gasteiger partial charge in [-0.3, -0.25) is 4.79 Å². The fraction of sp³-hybridized carbons (Fsp3) is 0.462. The Labute approximate surface area is 98.6 Å². The molecule has 1 atom stereocenters. The van der Waals surface area contributed by atoms with Gasteiger partial charge in [0.05, 0.1) is 11.7 Å². The lowest BCUT2D eigenvalue weighted by atomic mass is 10.0. The molecule has 0 aliphatic carbocycles. The lowest BCUT2D eigenvalue weighted by Crippen LogP contribution is -2.14. The zero-order valence-corrected chi connectivity index (χ0v) is 9.63. The summed E-state index contributed by atoms with van der Waals surface area (Å²) < 4.78 is 31.8. The number of halogens is 2. The molecule has 0 radical (unpaired) electrons. The summed E-state index contributed by atoms with van der Waals surface area (Å²) in [7, 11) is 0. The maximum Gasteiger partial charge on any atom is 0.168 e. The van der Waals surface area contributed by atoms with Gasteiger partial charge in [0.15, 0.2) is 5.78 Å². The molecular weight excluding hydrogens is 226 g/mol. The second kappa shape index (κ2) is 4.92. The summed E-state index contributed by atoms with van der Waals surface area (Å²) >= 11 is 0. The van der Waals surface area contributed by atoms with Crippen LogP contribution < -0.4 is 0 Å². The van der Waals surface area contributed by atoms with E-state index in [4.69, 9.17) is 4.74 Å². The first-order chi connectivity index (χ1) is 8.08. The summed E-state index contributed by atoms with van der Waals surface area (Å²) in [6, 6.07) is 2.03. The van der Waals surface area contributed by atoms with E-state index in [1.54, 1.807) is 0 Å². The van der Waals surface area contributed by atoms with Crippen molar-refractivity contribution in [1.29, 1.82) is 0 Å². The smallest absolute Gasteiger partial charge is 0.168 e. The Hall–Kier alpha value is -1.29. The van der Waals surface area contributed by atoms with Crippen LogP contribution in [0.1, 0.15) is 35.2 Å². The number of aryl methyl sites for hydroxylation is 1. The minimum absolute atomic E-state index is 0.0422. The van der Waals surface area contributed by atoms with Gasteiger partial charge in [0.25, 0.3) is 0 Å². The number of ketones is 1. The van der Waals surface area contributed by atoms with Gasteiger partial charge in [0, 0.05) is 19.1 Å². The average Bonchev–Trinajstić information content (AvgIpc) is 2.76. The number of carbonyl (C=O) groups excluding carboxylic acids is 1. The molecular formula is C13H14F2O2. The SMILES string of the molecule is Cc1cc(C(=O)CC2CCCO2)c(F)cc1F. The van der Waals surface area contributed by atoms with E-state index in [-0.39, 0.29) is 29.4 Å². The van der Waals surface area contributed by atoms with Gasteiger partial charge in [-0.05, 0) is 31.4 Å². The first-order valence-corrected chi connectivity index (χ1v) is 5.68. The molecule has 1 unspecified atom stereocenters. The minimum Gasteiger partial charge on any atom is -0.378 e. The third-order valence-electron chi connectivity index (χ3n) is 2.99. The summed E-state index contributed by atoms with van der Waals surface area (Å²) in [5, 5.41) is 0. The fourth-order valence-corrected chi connectivity index (χ4v) is 1.99. The van der Waals surface area contributed by atoms with Gasteiger partial charge in [-0.15, -0.1) is 0 Å². The maximum atomic E-state index is 13.5. The molecule has 17 heavy (non-hydrogen) atoms. The minimum atomic E-state index is -0.795. The van der Waals surface area contributed by atoms with Crippen molar-refractivity contribution in [3.63, 3.8) is 0 Å². The van der Waals surface area contributed by atoms with Gasteiger partial charge >= 0.3 is 0 Å². The van der Waals surface area contributed by atoms with Gasteiger partial charge in [-0.1, -0.05) is 0 Å². The van der Waals surface area contributed by atoms with Crippen LogP contribution in [0.3, 0.4) is 0 Å². The van der Waals surface area contributed by atoms with Crippen molar-refractivity contribution in [3.05, 3.63) is 34.9 Å². The second-order valence-electron chi connectivity index (χ2n) is 4.34. The second-order valence-corrected chi connectivity index (χ2v) is 4.34. The Morgan fingerprint density at radius 1 is 1.41 bits per heavy atom. The molecule has 1 aliphatic rings. The number of rotatable bonds is 3. The highest BCUT2D eigenvalue weighted by Gasteiger charge is 2.22. The van der Waals surface area contributed by atoms with Crippen molar-refractivity contribution in [2.75, 3.05) is 6.61 Å². The molecule has 4 heteroatoms. The number of hydrogen-bond acceptors (Lipinski definition) is 2. The van der Waals surface area contributed by atoms with E-state index in [2.05, 4.69) is 0 Å². The lowest BCUT2D eigenvalue weighted by molar-refractivity contribution is 0.0772. The molecule has 1 saturated heterocycles. The normalized spacial score (nSPS) is 19.6. The lowest BCUT2D eigenvalue weighted by Gasteiger charge is -2.09. The first-order valence-electron chi connectivity index (χ1n) is 5.68. The summed E-state index contributed by atoms with van der Waals surface area (Å²) in [4.78, 5) is 11.8. The quantitative estimate of drug-likeness (QED) is 0.759. The van der Waals surface area contributed by atoms with Crippen molar-refractivity contribution >= 4 is 5.78 Å².